The van der Waals surface area contributed by atoms with Crippen molar-refractivity contribution < 1.29 is 9.32 Å². The van der Waals surface area contributed by atoms with Crippen molar-refractivity contribution in [2.24, 2.45) is 0 Å². The number of aromatic nitrogens is 4. The summed E-state index contributed by atoms with van der Waals surface area (Å²) in [5.74, 6) is 1.56. The fourth-order valence-corrected chi connectivity index (χ4v) is 4.93. The van der Waals surface area contributed by atoms with Crippen LogP contribution < -0.4 is 5.32 Å². The lowest BCUT2D eigenvalue weighted by molar-refractivity contribution is 0.102. The van der Waals surface area contributed by atoms with Gasteiger partial charge in [-0.25, -0.2) is 4.98 Å². The molecule has 0 saturated heterocycles. The molecule has 0 spiro atoms. The molecule has 28 heavy (non-hydrogen) atoms. The number of carbonyl (C=O) groups excluding carboxylic acids is 1. The highest BCUT2D eigenvalue weighted by Gasteiger charge is 2.18. The van der Waals surface area contributed by atoms with E-state index in [1.165, 1.54) is 23.1 Å². The van der Waals surface area contributed by atoms with E-state index in [0.717, 1.165) is 34.9 Å². The zero-order chi connectivity index (χ0) is 20.1. The van der Waals surface area contributed by atoms with Gasteiger partial charge in [-0.3, -0.25) is 10.1 Å². The molecule has 9 heteroatoms. The second kappa shape index (κ2) is 9.29. The van der Waals surface area contributed by atoms with Gasteiger partial charge in [0.15, 0.2) is 0 Å². The summed E-state index contributed by atoms with van der Waals surface area (Å²) in [5.41, 5.74) is 2.40. The van der Waals surface area contributed by atoms with Gasteiger partial charge in [-0.05, 0) is 38.8 Å². The van der Waals surface area contributed by atoms with Gasteiger partial charge in [0.2, 0.25) is 5.13 Å². The van der Waals surface area contributed by atoms with E-state index in [9.17, 15) is 4.79 Å². The van der Waals surface area contributed by atoms with Crippen molar-refractivity contribution in [2.45, 2.75) is 57.2 Å². The van der Waals surface area contributed by atoms with Crippen LogP contribution in [0.1, 0.15) is 65.0 Å². The summed E-state index contributed by atoms with van der Waals surface area (Å²) in [6, 6.07) is 3.52. The van der Waals surface area contributed by atoms with Crippen molar-refractivity contribution in [3.05, 3.63) is 45.9 Å². The molecular formula is C19H23N5O2S2. The zero-order valence-electron chi connectivity index (χ0n) is 16.4. The number of hydrogen-bond donors (Lipinski definition) is 1. The van der Waals surface area contributed by atoms with Crippen LogP contribution in [-0.2, 0) is 5.75 Å². The Morgan fingerprint density at radius 3 is 2.75 bits per heavy atom. The molecule has 3 heterocycles. The summed E-state index contributed by atoms with van der Waals surface area (Å²) in [5, 5.41) is 17.3. The topological polar surface area (TPSA) is 93.8 Å². The minimum absolute atomic E-state index is 0.235. The van der Waals surface area contributed by atoms with Crippen LogP contribution in [0.15, 0.2) is 27.9 Å². The maximum atomic E-state index is 12.8. The Kier molecular flexibility index (Phi) is 6.79. The van der Waals surface area contributed by atoms with Gasteiger partial charge in [0.25, 0.3) is 5.91 Å². The van der Waals surface area contributed by atoms with Crippen molar-refractivity contribution in [3.8, 4) is 0 Å². The lowest BCUT2D eigenvalue weighted by Gasteiger charge is -2.07. The van der Waals surface area contributed by atoms with E-state index < -0.39 is 0 Å². The second-order valence-corrected chi connectivity index (χ2v) is 8.33. The van der Waals surface area contributed by atoms with Crippen molar-refractivity contribution in [1.29, 1.82) is 0 Å². The van der Waals surface area contributed by atoms with Crippen LogP contribution in [0.3, 0.4) is 0 Å². The average molecular weight is 418 g/mol. The number of anilines is 1. The van der Waals surface area contributed by atoms with E-state index in [-0.39, 0.29) is 5.91 Å². The molecule has 0 aliphatic carbocycles. The summed E-state index contributed by atoms with van der Waals surface area (Å²) in [6.45, 7) is 8.05. The standard InChI is InChI=1S/C19H23N5O2S2/c1-5-13(6-2)17-22-23-19(28-17)21-16(25)14-8-7-9-20-18(14)27-10-15-11(3)24-26-12(15)4/h7-9,13H,5-6,10H2,1-4H3,(H,21,23,25). The molecule has 1 N–H and O–H groups in total. The number of hydrogen-bond acceptors (Lipinski definition) is 8. The van der Waals surface area contributed by atoms with Crippen molar-refractivity contribution in [1.82, 2.24) is 20.3 Å². The molecule has 0 bridgehead atoms. The number of thioether (sulfide) groups is 1. The highest BCUT2D eigenvalue weighted by Crippen LogP contribution is 2.30. The monoisotopic (exact) mass is 417 g/mol. The first-order chi connectivity index (χ1) is 13.5. The molecule has 0 aromatic carbocycles. The predicted octanol–water partition coefficient (Wildman–Crippen LogP) is 4.99. The van der Waals surface area contributed by atoms with Gasteiger partial charge in [-0.1, -0.05) is 30.3 Å². The largest absolute Gasteiger partial charge is 0.361 e. The minimum atomic E-state index is -0.235. The summed E-state index contributed by atoms with van der Waals surface area (Å²) in [7, 11) is 0. The number of pyridine rings is 1. The average Bonchev–Trinajstić information content (AvgIpc) is 3.28. The molecular weight excluding hydrogens is 394 g/mol. The molecule has 0 unspecified atom stereocenters. The SMILES string of the molecule is CCC(CC)c1nnc(NC(=O)c2cccnc2SCc2c(C)noc2C)s1. The van der Waals surface area contributed by atoms with Crippen LogP contribution in [0, 0.1) is 13.8 Å². The van der Waals surface area contributed by atoms with E-state index in [4.69, 9.17) is 4.52 Å². The number of carbonyl (C=O) groups is 1. The van der Waals surface area contributed by atoms with E-state index in [1.807, 2.05) is 13.8 Å². The molecule has 3 aromatic heterocycles. The van der Waals surface area contributed by atoms with E-state index >= 15 is 0 Å². The summed E-state index contributed by atoms with van der Waals surface area (Å²) >= 11 is 2.92. The first-order valence-corrected chi connectivity index (χ1v) is 11.0. The number of aryl methyl sites for hydroxylation is 2. The molecule has 0 aliphatic rings. The highest BCUT2D eigenvalue weighted by molar-refractivity contribution is 7.98. The van der Waals surface area contributed by atoms with Crippen LogP contribution in [-0.4, -0.2) is 26.2 Å². The van der Waals surface area contributed by atoms with Crippen LogP contribution in [0.5, 0.6) is 0 Å². The number of rotatable bonds is 8. The molecule has 3 aromatic rings. The fourth-order valence-electron chi connectivity index (χ4n) is 2.78. The van der Waals surface area contributed by atoms with E-state index in [0.29, 0.717) is 27.4 Å². The second-order valence-electron chi connectivity index (χ2n) is 6.36. The van der Waals surface area contributed by atoms with Gasteiger partial charge in [-0.2, -0.15) is 0 Å². The van der Waals surface area contributed by atoms with Crippen molar-refractivity contribution >= 4 is 34.1 Å². The van der Waals surface area contributed by atoms with Gasteiger partial charge in [-0.15, -0.1) is 22.0 Å². The Morgan fingerprint density at radius 1 is 1.29 bits per heavy atom. The number of nitrogens with one attached hydrogen (secondary N) is 1. The Hall–Kier alpha value is -2.26. The first kappa shape index (κ1) is 20.5. The third kappa shape index (κ3) is 4.59. The molecule has 0 fully saturated rings. The molecule has 7 nitrogen and oxygen atoms in total. The third-order valence-corrected chi connectivity index (χ3v) is 6.58. The zero-order valence-corrected chi connectivity index (χ0v) is 18.0. The van der Waals surface area contributed by atoms with Crippen LogP contribution in [0.2, 0.25) is 0 Å². The summed E-state index contributed by atoms with van der Waals surface area (Å²) < 4.78 is 5.20. The number of amides is 1. The maximum absolute atomic E-state index is 12.8. The Morgan fingerprint density at radius 2 is 2.07 bits per heavy atom. The molecule has 0 aliphatic heterocycles. The van der Waals surface area contributed by atoms with Crippen LogP contribution in [0.25, 0.3) is 0 Å². The molecule has 1 amide bonds. The fraction of sp³-hybridized carbons (Fsp3) is 0.421. The molecule has 148 valence electrons. The van der Waals surface area contributed by atoms with Crippen LogP contribution in [0.4, 0.5) is 5.13 Å². The third-order valence-electron chi connectivity index (χ3n) is 4.55. The van der Waals surface area contributed by atoms with E-state index in [1.54, 1.807) is 18.3 Å². The van der Waals surface area contributed by atoms with E-state index in [2.05, 4.69) is 39.5 Å². The minimum Gasteiger partial charge on any atom is -0.361 e. The lowest BCUT2D eigenvalue weighted by Crippen LogP contribution is -2.13. The molecule has 3 rings (SSSR count). The summed E-state index contributed by atoms with van der Waals surface area (Å²) in [4.78, 5) is 17.2. The first-order valence-electron chi connectivity index (χ1n) is 9.17. The molecule has 0 saturated carbocycles. The smallest absolute Gasteiger partial charge is 0.260 e. The van der Waals surface area contributed by atoms with Crippen molar-refractivity contribution in [3.63, 3.8) is 0 Å². The Labute approximate surface area is 172 Å². The predicted molar refractivity (Wildman–Crippen MR) is 111 cm³/mol. The van der Waals surface area contributed by atoms with Crippen LogP contribution >= 0.6 is 23.1 Å². The summed E-state index contributed by atoms with van der Waals surface area (Å²) in [6.07, 6.45) is 3.69. The molecule has 0 radical (unpaired) electrons. The van der Waals surface area contributed by atoms with Gasteiger partial charge < -0.3 is 4.52 Å². The number of nitrogens with zero attached hydrogens (tertiary/aromatic N) is 4. The Bertz CT molecular complexity index is 930. The Balaban J connectivity index is 1.72. The molecule has 0 atom stereocenters. The van der Waals surface area contributed by atoms with Gasteiger partial charge in [0.05, 0.1) is 11.3 Å². The van der Waals surface area contributed by atoms with Gasteiger partial charge in [0.1, 0.15) is 15.8 Å². The van der Waals surface area contributed by atoms with Gasteiger partial charge in [0, 0.05) is 23.4 Å². The normalized spacial score (nSPS) is 11.2. The maximum Gasteiger partial charge on any atom is 0.260 e. The highest BCUT2D eigenvalue weighted by atomic mass is 32.2. The quantitative estimate of drug-likeness (QED) is 0.516. The van der Waals surface area contributed by atoms with Gasteiger partial charge >= 0.3 is 0 Å². The lowest BCUT2D eigenvalue weighted by atomic mass is 10.1. The van der Waals surface area contributed by atoms with Crippen molar-refractivity contribution in [2.75, 3.05) is 5.32 Å².